The van der Waals surface area contributed by atoms with Crippen molar-refractivity contribution in [3.8, 4) is 0 Å². The molecule has 3 N–H and O–H groups in total. The van der Waals surface area contributed by atoms with Gasteiger partial charge in [-0.3, -0.25) is 0 Å². The van der Waals surface area contributed by atoms with E-state index in [-0.39, 0.29) is 12.2 Å². The fraction of sp³-hybridized carbons (Fsp3) is 0.143. The van der Waals surface area contributed by atoms with Crippen molar-refractivity contribution < 1.29 is 12.8 Å². The van der Waals surface area contributed by atoms with E-state index in [1.165, 1.54) is 0 Å². The van der Waals surface area contributed by atoms with E-state index in [2.05, 4.69) is 4.72 Å². The Hall–Kier alpha value is -1.63. The van der Waals surface area contributed by atoms with Crippen molar-refractivity contribution in [2.45, 2.75) is 18.4 Å². The number of nitrogen functional groups attached to an aromatic ring is 1. The fourth-order valence-electron chi connectivity index (χ4n) is 1.77. The molecular weight excluding hydrogens is 315 g/mol. The fourth-order valence-corrected chi connectivity index (χ4v) is 3.07. The first-order valence-corrected chi connectivity index (χ1v) is 7.96. The lowest BCUT2D eigenvalue weighted by atomic mass is 10.2. The zero-order valence-electron chi connectivity index (χ0n) is 11.2. The Morgan fingerprint density at radius 2 is 1.95 bits per heavy atom. The average Bonchev–Trinajstić information content (AvgIpc) is 2.42. The second-order valence-corrected chi connectivity index (χ2v) is 6.70. The van der Waals surface area contributed by atoms with Gasteiger partial charge in [-0.15, -0.1) is 0 Å². The minimum absolute atomic E-state index is 0.0325. The predicted molar refractivity (Wildman–Crippen MR) is 81.0 cm³/mol. The number of benzene rings is 2. The number of hydrogen-bond acceptors (Lipinski definition) is 3. The van der Waals surface area contributed by atoms with Gasteiger partial charge in [-0.1, -0.05) is 29.8 Å². The van der Waals surface area contributed by atoms with Gasteiger partial charge in [-0.2, -0.15) is 0 Å². The minimum Gasteiger partial charge on any atom is -0.398 e. The van der Waals surface area contributed by atoms with Crippen molar-refractivity contribution in [1.82, 2.24) is 4.72 Å². The summed E-state index contributed by atoms with van der Waals surface area (Å²) in [6.45, 7) is 1.57. The molecule has 0 fully saturated rings. The van der Waals surface area contributed by atoms with Crippen LogP contribution in [0.4, 0.5) is 10.1 Å². The first kappa shape index (κ1) is 15.8. The second-order valence-electron chi connectivity index (χ2n) is 4.56. The quantitative estimate of drug-likeness (QED) is 0.848. The van der Waals surface area contributed by atoms with Crippen LogP contribution in [-0.4, -0.2) is 8.42 Å². The number of nitrogens with two attached hydrogens (primary N) is 1. The SMILES string of the molecule is Cc1cc(F)c(S(=O)(=O)NCc2ccccc2Cl)cc1N. The van der Waals surface area contributed by atoms with E-state index in [1.54, 1.807) is 31.2 Å². The van der Waals surface area contributed by atoms with Crippen LogP contribution in [0.1, 0.15) is 11.1 Å². The van der Waals surface area contributed by atoms with Crippen molar-refractivity contribution >= 4 is 27.3 Å². The highest BCUT2D eigenvalue weighted by molar-refractivity contribution is 7.89. The zero-order chi connectivity index (χ0) is 15.6. The first-order valence-electron chi connectivity index (χ1n) is 6.10. The third kappa shape index (κ3) is 3.53. The van der Waals surface area contributed by atoms with Crippen molar-refractivity contribution in [1.29, 1.82) is 0 Å². The molecule has 7 heteroatoms. The Balaban J connectivity index is 2.27. The zero-order valence-corrected chi connectivity index (χ0v) is 12.8. The van der Waals surface area contributed by atoms with Crippen LogP contribution in [0.5, 0.6) is 0 Å². The highest BCUT2D eigenvalue weighted by Gasteiger charge is 2.20. The van der Waals surface area contributed by atoms with Crippen LogP contribution >= 0.6 is 11.6 Å². The van der Waals surface area contributed by atoms with Gasteiger partial charge in [0.15, 0.2) is 0 Å². The molecule has 0 amide bonds. The first-order chi connectivity index (χ1) is 9.81. The van der Waals surface area contributed by atoms with E-state index in [4.69, 9.17) is 17.3 Å². The summed E-state index contributed by atoms with van der Waals surface area (Å²) in [5, 5.41) is 0.434. The van der Waals surface area contributed by atoms with Gasteiger partial charge in [0, 0.05) is 17.3 Å². The normalized spacial score (nSPS) is 11.6. The standard InChI is InChI=1S/C14H14ClFN2O2S/c1-9-6-12(16)14(7-13(9)17)21(19,20)18-8-10-4-2-3-5-11(10)15/h2-7,18H,8,17H2,1H3. The summed E-state index contributed by atoms with van der Waals surface area (Å²) in [5.74, 6) is -0.839. The number of anilines is 1. The summed E-state index contributed by atoms with van der Waals surface area (Å²) >= 11 is 5.95. The highest BCUT2D eigenvalue weighted by atomic mass is 35.5. The predicted octanol–water partition coefficient (Wildman–Crippen LogP) is 2.85. The monoisotopic (exact) mass is 328 g/mol. The van der Waals surface area contributed by atoms with E-state index >= 15 is 0 Å². The van der Waals surface area contributed by atoms with Crippen LogP contribution in [0.2, 0.25) is 5.02 Å². The molecule has 2 aromatic rings. The average molecular weight is 329 g/mol. The van der Waals surface area contributed by atoms with Gasteiger partial charge in [-0.05, 0) is 36.2 Å². The smallest absolute Gasteiger partial charge is 0.243 e. The molecule has 0 unspecified atom stereocenters. The van der Waals surface area contributed by atoms with Gasteiger partial charge >= 0.3 is 0 Å². The lowest BCUT2D eigenvalue weighted by Gasteiger charge is -2.10. The van der Waals surface area contributed by atoms with E-state index in [0.29, 0.717) is 16.1 Å². The number of halogens is 2. The molecule has 0 atom stereocenters. The molecule has 0 aliphatic carbocycles. The molecule has 0 aromatic heterocycles. The number of hydrogen-bond donors (Lipinski definition) is 2. The van der Waals surface area contributed by atoms with Crippen LogP contribution in [0.25, 0.3) is 0 Å². The second kappa shape index (κ2) is 6.01. The molecule has 0 saturated carbocycles. The minimum atomic E-state index is -4.01. The Labute approximate surface area is 127 Å². The maximum absolute atomic E-state index is 13.8. The third-order valence-electron chi connectivity index (χ3n) is 3.02. The van der Waals surface area contributed by atoms with Crippen molar-refractivity contribution in [3.63, 3.8) is 0 Å². The van der Waals surface area contributed by atoms with E-state index in [9.17, 15) is 12.8 Å². The summed E-state index contributed by atoms with van der Waals surface area (Å²) in [7, 11) is -4.01. The molecule has 4 nitrogen and oxygen atoms in total. The summed E-state index contributed by atoms with van der Waals surface area (Å²) in [4.78, 5) is -0.474. The van der Waals surface area contributed by atoms with Crippen molar-refractivity contribution in [3.05, 3.63) is 58.4 Å². The van der Waals surface area contributed by atoms with Gasteiger partial charge in [0.05, 0.1) is 0 Å². The number of aryl methyl sites for hydroxylation is 1. The van der Waals surface area contributed by atoms with Gasteiger partial charge in [0.1, 0.15) is 10.7 Å². The number of nitrogens with one attached hydrogen (secondary N) is 1. The molecule has 0 heterocycles. The number of rotatable bonds is 4. The van der Waals surface area contributed by atoms with Crippen molar-refractivity contribution in [2.24, 2.45) is 0 Å². The lowest BCUT2D eigenvalue weighted by Crippen LogP contribution is -2.24. The van der Waals surface area contributed by atoms with Gasteiger partial charge in [0.25, 0.3) is 0 Å². The maximum atomic E-state index is 13.8. The summed E-state index contributed by atoms with van der Waals surface area (Å²) in [6.07, 6.45) is 0. The maximum Gasteiger partial charge on any atom is 0.243 e. The molecule has 2 rings (SSSR count). The van der Waals surface area contributed by atoms with Gasteiger partial charge in [0.2, 0.25) is 10.0 Å². The molecule has 0 spiro atoms. The molecule has 0 aliphatic rings. The molecule has 21 heavy (non-hydrogen) atoms. The Morgan fingerprint density at radius 1 is 1.29 bits per heavy atom. The Morgan fingerprint density at radius 3 is 2.62 bits per heavy atom. The summed E-state index contributed by atoms with van der Waals surface area (Å²) < 4.78 is 40.4. The Bertz CT molecular complexity index is 779. The highest BCUT2D eigenvalue weighted by Crippen LogP contribution is 2.22. The van der Waals surface area contributed by atoms with Gasteiger partial charge in [-0.25, -0.2) is 17.5 Å². The van der Waals surface area contributed by atoms with Crippen LogP contribution in [0.3, 0.4) is 0 Å². The topological polar surface area (TPSA) is 72.2 Å². The molecule has 0 radical (unpaired) electrons. The molecule has 2 aromatic carbocycles. The van der Waals surface area contributed by atoms with Crippen LogP contribution in [-0.2, 0) is 16.6 Å². The van der Waals surface area contributed by atoms with Crippen molar-refractivity contribution in [2.75, 3.05) is 5.73 Å². The molecule has 0 saturated heterocycles. The number of sulfonamides is 1. The lowest BCUT2D eigenvalue weighted by molar-refractivity contribution is 0.556. The van der Waals surface area contributed by atoms with Crippen LogP contribution in [0, 0.1) is 12.7 Å². The largest absolute Gasteiger partial charge is 0.398 e. The molecule has 0 bridgehead atoms. The van der Waals surface area contributed by atoms with E-state index < -0.39 is 20.7 Å². The Kier molecular flexibility index (Phi) is 4.51. The molecule has 0 aliphatic heterocycles. The summed E-state index contributed by atoms with van der Waals surface area (Å²) in [5.41, 5.74) is 6.94. The van der Waals surface area contributed by atoms with Crippen LogP contribution < -0.4 is 10.5 Å². The van der Waals surface area contributed by atoms with Crippen LogP contribution in [0.15, 0.2) is 41.3 Å². The molecule has 112 valence electrons. The van der Waals surface area contributed by atoms with E-state index in [1.807, 2.05) is 0 Å². The van der Waals surface area contributed by atoms with E-state index in [0.717, 1.165) is 12.1 Å². The van der Waals surface area contributed by atoms with Gasteiger partial charge < -0.3 is 5.73 Å². The summed E-state index contributed by atoms with van der Waals surface area (Å²) in [6, 6.07) is 9.01. The molecular formula is C14H14ClFN2O2S. The third-order valence-corrected chi connectivity index (χ3v) is 4.81.